The van der Waals surface area contributed by atoms with Crippen molar-refractivity contribution in [2.45, 2.75) is 24.4 Å². The van der Waals surface area contributed by atoms with Crippen LogP contribution in [0.25, 0.3) is 0 Å². The Morgan fingerprint density at radius 3 is 2.57 bits per heavy atom. The zero-order chi connectivity index (χ0) is 19.8. The highest BCUT2D eigenvalue weighted by molar-refractivity contribution is 7.89. The lowest BCUT2D eigenvalue weighted by Gasteiger charge is -2.12. The maximum atomic E-state index is 11.3. The van der Waals surface area contributed by atoms with E-state index in [-0.39, 0.29) is 4.90 Å². The maximum Gasteiger partial charge on any atom is 0.238 e. The van der Waals surface area contributed by atoms with E-state index in [0.29, 0.717) is 25.6 Å². The molecule has 0 fully saturated rings. The summed E-state index contributed by atoms with van der Waals surface area (Å²) in [5, 5.41) is 13.8. The number of nitrogens with zero attached hydrogens (tertiary/aromatic N) is 1. The quantitative estimate of drug-likeness (QED) is 0.385. The van der Waals surface area contributed by atoms with Crippen molar-refractivity contribution in [2.24, 2.45) is 10.1 Å². The van der Waals surface area contributed by atoms with E-state index in [9.17, 15) is 8.42 Å². The summed E-state index contributed by atoms with van der Waals surface area (Å²) in [4.78, 5) is 5.89. The van der Waals surface area contributed by atoms with Gasteiger partial charge in [-0.05, 0) is 41.3 Å². The summed E-state index contributed by atoms with van der Waals surface area (Å²) in [6, 6.07) is 14.3. The van der Waals surface area contributed by atoms with Crippen LogP contribution in [0.5, 0.6) is 0 Å². The Morgan fingerprint density at radius 1 is 1.11 bits per heavy atom. The van der Waals surface area contributed by atoms with Crippen LogP contribution in [0.2, 0.25) is 0 Å². The highest BCUT2D eigenvalue weighted by Crippen LogP contribution is 2.10. The molecule has 7 nitrogen and oxygen atoms in total. The van der Waals surface area contributed by atoms with Crippen molar-refractivity contribution in [3.05, 3.63) is 76.4 Å². The predicted molar refractivity (Wildman–Crippen MR) is 111 cm³/mol. The number of sulfonamides is 1. The van der Waals surface area contributed by atoms with Gasteiger partial charge in [0.15, 0.2) is 5.96 Å². The van der Waals surface area contributed by atoms with Crippen LogP contribution >= 0.6 is 11.3 Å². The predicted octanol–water partition coefficient (Wildman–Crippen LogP) is 2.47. The highest BCUT2D eigenvalue weighted by Gasteiger charge is 2.07. The molecule has 0 spiro atoms. The molecule has 3 aromatic rings. The minimum Gasteiger partial charge on any atom is -0.469 e. The van der Waals surface area contributed by atoms with Crippen molar-refractivity contribution in [2.75, 3.05) is 6.54 Å². The first-order valence-corrected chi connectivity index (χ1v) is 11.1. The van der Waals surface area contributed by atoms with Crippen molar-refractivity contribution in [3.8, 4) is 0 Å². The molecular weight excluding hydrogens is 396 g/mol. The topological polar surface area (TPSA) is 110 Å². The molecule has 0 radical (unpaired) electrons. The lowest BCUT2D eigenvalue weighted by molar-refractivity contribution is 0.506. The van der Waals surface area contributed by atoms with Gasteiger partial charge < -0.3 is 15.1 Å². The SMILES string of the molecule is NS(=O)(=O)c1ccc(CN=C(NCCc2ccco2)NCc2cccs2)cc1. The fourth-order valence-corrected chi connectivity index (χ4v) is 3.63. The van der Waals surface area contributed by atoms with Crippen LogP contribution in [-0.2, 0) is 29.5 Å². The summed E-state index contributed by atoms with van der Waals surface area (Å²) in [6.07, 6.45) is 2.40. The molecule has 0 bridgehead atoms. The second-order valence-electron chi connectivity index (χ2n) is 6.04. The summed E-state index contributed by atoms with van der Waals surface area (Å²) in [5.41, 5.74) is 0.885. The summed E-state index contributed by atoms with van der Waals surface area (Å²) in [7, 11) is -3.69. The largest absolute Gasteiger partial charge is 0.469 e. The average molecular weight is 419 g/mol. The van der Waals surface area contributed by atoms with Crippen LogP contribution in [-0.4, -0.2) is 20.9 Å². The summed E-state index contributed by atoms with van der Waals surface area (Å²) in [6.45, 7) is 1.76. The van der Waals surface area contributed by atoms with Gasteiger partial charge in [0.1, 0.15) is 5.76 Å². The summed E-state index contributed by atoms with van der Waals surface area (Å²) >= 11 is 1.68. The van der Waals surface area contributed by atoms with E-state index >= 15 is 0 Å². The van der Waals surface area contributed by atoms with Crippen LogP contribution in [0.4, 0.5) is 0 Å². The third-order valence-electron chi connectivity index (χ3n) is 3.93. The van der Waals surface area contributed by atoms with Gasteiger partial charge in [-0.25, -0.2) is 18.5 Å². The van der Waals surface area contributed by atoms with Gasteiger partial charge in [0.25, 0.3) is 0 Å². The molecule has 0 aliphatic carbocycles. The molecule has 3 rings (SSSR count). The number of guanidine groups is 1. The molecule has 0 atom stereocenters. The third-order valence-corrected chi connectivity index (χ3v) is 5.73. The van der Waals surface area contributed by atoms with Gasteiger partial charge in [-0.15, -0.1) is 11.3 Å². The second kappa shape index (κ2) is 9.54. The third kappa shape index (κ3) is 6.22. The number of nitrogens with one attached hydrogen (secondary N) is 2. The van der Waals surface area contributed by atoms with Gasteiger partial charge in [-0.1, -0.05) is 18.2 Å². The Kier molecular flexibility index (Phi) is 6.85. The van der Waals surface area contributed by atoms with Gasteiger partial charge in [0, 0.05) is 17.8 Å². The first-order valence-electron chi connectivity index (χ1n) is 8.69. The number of primary sulfonamides is 1. The van der Waals surface area contributed by atoms with Gasteiger partial charge in [0.05, 0.1) is 24.2 Å². The molecule has 0 saturated carbocycles. The average Bonchev–Trinajstić information content (AvgIpc) is 3.37. The van der Waals surface area contributed by atoms with Crippen LogP contribution < -0.4 is 15.8 Å². The Morgan fingerprint density at radius 2 is 1.93 bits per heavy atom. The van der Waals surface area contributed by atoms with Gasteiger partial charge in [-0.2, -0.15) is 0 Å². The molecule has 148 valence electrons. The number of thiophene rings is 1. The second-order valence-corrected chi connectivity index (χ2v) is 8.64. The highest BCUT2D eigenvalue weighted by atomic mass is 32.2. The fourth-order valence-electron chi connectivity index (χ4n) is 2.47. The van der Waals surface area contributed by atoms with E-state index in [1.54, 1.807) is 29.7 Å². The molecule has 0 amide bonds. The molecule has 4 N–H and O–H groups in total. The molecule has 2 aromatic heterocycles. The van der Waals surface area contributed by atoms with Crippen molar-refractivity contribution in [1.29, 1.82) is 0 Å². The Hall–Kier alpha value is -2.62. The molecule has 0 aliphatic rings. The maximum absolute atomic E-state index is 11.3. The van der Waals surface area contributed by atoms with E-state index in [0.717, 1.165) is 17.7 Å². The number of rotatable bonds is 8. The first-order chi connectivity index (χ1) is 13.5. The Bertz CT molecular complexity index is 981. The monoisotopic (exact) mass is 418 g/mol. The van der Waals surface area contributed by atoms with E-state index in [1.165, 1.54) is 17.0 Å². The molecule has 28 heavy (non-hydrogen) atoms. The van der Waals surface area contributed by atoms with Crippen molar-refractivity contribution in [1.82, 2.24) is 10.6 Å². The molecule has 0 aliphatic heterocycles. The minimum absolute atomic E-state index is 0.0906. The molecule has 9 heteroatoms. The lowest BCUT2D eigenvalue weighted by atomic mass is 10.2. The number of furan rings is 1. The van der Waals surface area contributed by atoms with E-state index in [4.69, 9.17) is 9.56 Å². The zero-order valence-electron chi connectivity index (χ0n) is 15.2. The van der Waals surface area contributed by atoms with E-state index in [1.807, 2.05) is 23.6 Å². The van der Waals surface area contributed by atoms with E-state index in [2.05, 4.69) is 21.7 Å². The zero-order valence-corrected chi connectivity index (χ0v) is 16.8. The number of hydrogen-bond acceptors (Lipinski definition) is 5. The molecule has 0 unspecified atom stereocenters. The molecule has 1 aromatic carbocycles. The summed E-state index contributed by atoms with van der Waals surface area (Å²) in [5.74, 6) is 1.58. The number of hydrogen-bond donors (Lipinski definition) is 3. The molecule has 2 heterocycles. The number of benzene rings is 1. The van der Waals surface area contributed by atoms with E-state index < -0.39 is 10.0 Å². The van der Waals surface area contributed by atoms with Crippen LogP contribution in [0, 0.1) is 0 Å². The normalized spacial score (nSPS) is 12.1. The van der Waals surface area contributed by atoms with Gasteiger partial charge in [-0.3, -0.25) is 0 Å². The number of nitrogens with two attached hydrogens (primary N) is 1. The fraction of sp³-hybridized carbons (Fsp3) is 0.211. The van der Waals surface area contributed by atoms with Crippen LogP contribution in [0.3, 0.4) is 0 Å². The molecule has 0 saturated heterocycles. The van der Waals surface area contributed by atoms with Crippen molar-refractivity contribution >= 4 is 27.3 Å². The minimum atomic E-state index is -3.69. The van der Waals surface area contributed by atoms with Crippen molar-refractivity contribution in [3.63, 3.8) is 0 Å². The van der Waals surface area contributed by atoms with Crippen LogP contribution in [0.15, 0.2) is 74.5 Å². The first kappa shape index (κ1) is 20.1. The Balaban J connectivity index is 1.61. The number of aliphatic imine (C=N–C) groups is 1. The van der Waals surface area contributed by atoms with Crippen LogP contribution in [0.1, 0.15) is 16.2 Å². The van der Waals surface area contributed by atoms with Gasteiger partial charge in [0.2, 0.25) is 10.0 Å². The smallest absolute Gasteiger partial charge is 0.238 e. The van der Waals surface area contributed by atoms with Crippen molar-refractivity contribution < 1.29 is 12.8 Å². The van der Waals surface area contributed by atoms with Gasteiger partial charge >= 0.3 is 0 Å². The molecular formula is C19H22N4O3S2. The Labute approximate surface area is 168 Å². The standard InChI is InChI=1S/C19H22N4O3S2/c20-28(24,25)18-7-5-15(6-8-18)13-22-19(23-14-17-4-2-12-27-17)21-10-9-16-3-1-11-26-16/h1-8,11-12H,9-10,13-14H2,(H2,20,24,25)(H2,21,22,23). The lowest BCUT2D eigenvalue weighted by Crippen LogP contribution is -2.37. The summed E-state index contributed by atoms with van der Waals surface area (Å²) < 4.78 is 28.0.